The molecule has 2 N–H and O–H groups in total. The van der Waals surface area contributed by atoms with Gasteiger partial charge < -0.3 is 10.4 Å². The second-order valence-electron chi connectivity index (χ2n) is 4.91. The van der Waals surface area contributed by atoms with Crippen LogP contribution < -0.4 is 5.32 Å². The van der Waals surface area contributed by atoms with E-state index in [1.54, 1.807) is 6.20 Å². The van der Waals surface area contributed by atoms with E-state index in [1.165, 1.54) is 0 Å². The molecule has 1 heterocycles. The van der Waals surface area contributed by atoms with Gasteiger partial charge in [0.25, 0.3) is 0 Å². The molecular weight excluding hydrogens is 274 g/mol. The number of aliphatic hydroxyl groups is 1. The third kappa shape index (κ3) is 2.87. The molecule has 0 aliphatic carbocycles. The van der Waals surface area contributed by atoms with Crippen LogP contribution in [0.5, 0.6) is 0 Å². The number of benzene rings is 1. The smallest absolute Gasteiger partial charge is 0.0814 e. The highest BCUT2D eigenvalue weighted by atomic mass is 35.5. The SMILES string of the molecule is CNC(CO)(CCn1ncc(Cl)c1C)c1ccccc1. The lowest BCUT2D eigenvalue weighted by atomic mass is 9.87. The van der Waals surface area contributed by atoms with E-state index >= 15 is 0 Å². The first kappa shape index (κ1) is 15.0. The molecule has 2 aromatic rings. The average Bonchev–Trinajstić information content (AvgIpc) is 2.82. The summed E-state index contributed by atoms with van der Waals surface area (Å²) in [6.07, 6.45) is 2.38. The number of aromatic nitrogens is 2. The molecule has 1 atom stereocenters. The highest BCUT2D eigenvalue weighted by molar-refractivity contribution is 6.31. The van der Waals surface area contributed by atoms with Crippen molar-refractivity contribution in [2.45, 2.75) is 25.4 Å². The zero-order chi connectivity index (χ0) is 14.6. The summed E-state index contributed by atoms with van der Waals surface area (Å²) in [6.45, 7) is 2.66. The van der Waals surface area contributed by atoms with E-state index in [9.17, 15) is 5.11 Å². The van der Waals surface area contributed by atoms with Crippen molar-refractivity contribution >= 4 is 11.6 Å². The van der Waals surface area contributed by atoms with Crippen LogP contribution in [0.15, 0.2) is 36.5 Å². The predicted octanol–water partition coefficient (Wildman–Crippen LogP) is 2.34. The van der Waals surface area contributed by atoms with Crippen molar-refractivity contribution < 1.29 is 5.11 Å². The minimum Gasteiger partial charge on any atom is -0.394 e. The maximum Gasteiger partial charge on any atom is 0.0814 e. The lowest BCUT2D eigenvalue weighted by molar-refractivity contribution is 0.152. The highest BCUT2D eigenvalue weighted by Gasteiger charge is 2.29. The molecule has 2 rings (SSSR count). The number of nitrogens with zero attached hydrogens (tertiary/aromatic N) is 2. The zero-order valence-electron chi connectivity index (χ0n) is 11.8. The molecule has 1 aromatic carbocycles. The Bertz CT molecular complexity index is 550. The number of aliphatic hydroxyl groups excluding tert-OH is 1. The third-order valence-corrected chi connectivity index (χ3v) is 4.24. The monoisotopic (exact) mass is 293 g/mol. The number of aryl methyl sites for hydroxylation is 1. The summed E-state index contributed by atoms with van der Waals surface area (Å²) in [5, 5.41) is 18.0. The number of hydrogen-bond acceptors (Lipinski definition) is 3. The van der Waals surface area contributed by atoms with Crippen molar-refractivity contribution in [3.63, 3.8) is 0 Å². The van der Waals surface area contributed by atoms with Crippen molar-refractivity contribution in [3.05, 3.63) is 52.8 Å². The van der Waals surface area contributed by atoms with Gasteiger partial charge in [-0.3, -0.25) is 4.68 Å². The molecule has 108 valence electrons. The van der Waals surface area contributed by atoms with Gasteiger partial charge in [-0.15, -0.1) is 0 Å². The number of likely N-dealkylation sites (N-methyl/N-ethyl adjacent to an activating group) is 1. The molecule has 0 aliphatic rings. The first-order chi connectivity index (χ1) is 9.63. The van der Waals surface area contributed by atoms with Crippen molar-refractivity contribution in [3.8, 4) is 0 Å². The Hall–Kier alpha value is -1.36. The molecule has 0 radical (unpaired) electrons. The molecule has 1 aromatic heterocycles. The maximum absolute atomic E-state index is 9.86. The maximum atomic E-state index is 9.86. The first-order valence-corrected chi connectivity index (χ1v) is 7.04. The predicted molar refractivity (Wildman–Crippen MR) is 80.9 cm³/mol. The van der Waals surface area contributed by atoms with Gasteiger partial charge in [0.1, 0.15) is 0 Å². The van der Waals surface area contributed by atoms with Gasteiger partial charge in [-0.05, 0) is 26.0 Å². The molecule has 4 nitrogen and oxygen atoms in total. The van der Waals surface area contributed by atoms with Crippen LogP contribution in [0.25, 0.3) is 0 Å². The van der Waals surface area contributed by atoms with Crippen LogP contribution in [0.3, 0.4) is 0 Å². The van der Waals surface area contributed by atoms with Gasteiger partial charge in [0.15, 0.2) is 0 Å². The number of rotatable bonds is 6. The summed E-state index contributed by atoms with van der Waals surface area (Å²) in [4.78, 5) is 0. The normalized spacial score (nSPS) is 14.2. The average molecular weight is 294 g/mol. The summed E-state index contributed by atoms with van der Waals surface area (Å²) < 4.78 is 1.87. The van der Waals surface area contributed by atoms with E-state index in [-0.39, 0.29) is 6.61 Å². The Morgan fingerprint density at radius 1 is 1.35 bits per heavy atom. The Morgan fingerprint density at radius 3 is 2.55 bits per heavy atom. The van der Waals surface area contributed by atoms with Crippen molar-refractivity contribution in [2.24, 2.45) is 0 Å². The first-order valence-electron chi connectivity index (χ1n) is 6.66. The fourth-order valence-corrected chi connectivity index (χ4v) is 2.51. The molecule has 1 unspecified atom stereocenters. The lowest BCUT2D eigenvalue weighted by Crippen LogP contribution is -2.44. The molecule has 0 spiro atoms. The van der Waals surface area contributed by atoms with Crippen LogP contribution >= 0.6 is 11.6 Å². The Balaban J connectivity index is 2.20. The minimum absolute atomic E-state index is 0.0293. The van der Waals surface area contributed by atoms with E-state index < -0.39 is 5.54 Å². The lowest BCUT2D eigenvalue weighted by Gasteiger charge is -2.32. The quantitative estimate of drug-likeness (QED) is 0.859. The Labute approximate surface area is 124 Å². The second kappa shape index (κ2) is 6.39. The number of halogens is 1. The van der Waals surface area contributed by atoms with E-state index in [2.05, 4.69) is 10.4 Å². The highest BCUT2D eigenvalue weighted by Crippen LogP contribution is 2.25. The molecule has 0 saturated heterocycles. The van der Waals surface area contributed by atoms with Crippen molar-refractivity contribution in [1.82, 2.24) is 15.1 Å². The standard InChI is InChI=1S/C15H20ClN3O/c1-12-14(16)10-18-19(12)9-8-15(11-20,17-2)13-6-4-3-5-7-13/h3-7,10,17,20H,8-9,11H2,1-2H3. The van der Waals surface area contributed by atoms with Crippen LogP contribution in [0.2, 0.25) is 5.02 Å². The molecule has 5 heteroatoms. The molecular formula is C15H20ClN3O. The van der Waals surface area contributed by atoms with E-state index in [0.717, 1.165) is 17.7 Å². The molecule has 20 heavy (non-hydrogen) atoms. The molecule has 0 saturated carbocycles. The second-order valence-corrected chi connectivity index (χ2v) is 5.31. The van der Waals surface area contributed by atoms with Crippen molar-refractivity contribution in [1.29, 1.82) is 0 Å². The van der Waals surface area contributed by atoms with Crippen LogP contribution in [0.4, 0.5) is 0 Å². The van der Waals surface area contributed by atoms with Crippen molar-refractivity contribution in [2.75, 3.05) is 13.7 Å². The number of hydrogen-bond donors (Lipinski definition) is 2. The third-order valence-electron chi connectivity index (χ3n) is 3.87. The van der Waals surface area contributed by atoms with Crippen LogP contribution in [-0.2, 0) is 12.1 Å². The topological polar surface area (TPSA) is 50.1 Å². The molecule has 0 bridgehead atoms. The zero-order valence-corrected chi connectivity index (χ0v) is 12.6. The minimum atomic E-state index is -0.466. The summed E-state index contributed by atoms with van der Waals surface area (Å²) in [5.74, 6) is 0. The van der Waals surface area contributed by atoms with Crippen LogP contribution in [0.1, 0.15) is 17.7 Å². The van der Waals surface area contributed by atoms with E-state index in [4.69, 9.17) is 11.6 Å². The number of nitrogens with one attached hydrogen (secondary N) is 1. The van der Waals surface area contributed by atoms with Crippen LogP contribution in [-0.4, -0.2) is 28.5 Å². The molecule has 0 aliphatic heterocycles. The van der Waals surface area contributed by atoms with Crippen LogP contribution in [0, 0.1) is 6.92 Å². The summed E-state index contributed by atoms with van der Waals surface area (Å²) in [7, 11) is 1.87. The van der Waals surface area contributed by atoms with E-state index in [1.807, 2.05) is 49.0 Å². The summed E-state index contributed by atoms with van der Waals surface area (Å²) in [6, 6.07) is 9.98. The Morgan fingerprint density at radius 2 is 2.05 bits per heavy atom. The van der Waals surface area contributed by atoms with Gasteiger partial charge in [0, 0.05) is 6.54 Å². The van der Waals surface area contributed by atoms with Gasteiger partial charge in [0.05, 0.1) is 29.1 Å². The van der Waals surface area contributed by atoms with E-state index in [0.29, 0.717) is 11.6 Å². The molecule has 0 amide bonds. The molecule has 0 fully saturated rings. The fourth-order valence-electron chi connectivity index (χ4n) is 2.37. The Kier molecular flexibility index (Phi) is 4.81. The summed E-state index contributed by atoms with van der Waals surface area (Å²) in [5.41, 5.74) is 1.55. The van der Waals surface area contributed by atoms with Gasteiger partial charge in [-0.25, -0.2) is 0 Å². The fraction of sp³-hybridized carbons (Fsp3) is 0.400. The summed E-state index contributed by atoms with van der Waals surface area (Å²) >= 11 is 6.02. The largest absolute Gasteiger partial charge is 0.394 e. The van der Waals surface area contributed by atoms with Gasteiger partial charge >= 0.3 is 0 Å². The van der Waals surface area contributed by atoms with Gasteiger partial charge in [-0.1, -0.05) is 41.9 Å². The van der Waals surface area contributed by atoms with Gasteiger partial charge in [-0.2, -0.15) is 5.10 Å². The van der Waals surface area contributed by atoms with Gasteiger partial charge in [0.2, 0.25) is 0 Å².